The van der Waals surface area contributed by atoms with Crippen LogP contribution in [0, 0.1) is 0 Å². The molecular formula is C8H10K2N2O3S2. The van der Waals surface area contributed by atoms with E-state index in [1.54, 1.807) is 30.3 Å². The molecule has 0 fully saturated rings. The minimum atomic E-state index is -1.39. The van der Waals surface area contributed by atoms with Crippen molar-refractivity contribution in [3.8, 4) is 0 Å². The summed E-state index contributed by atoms with van der Waals surface area (Å²) in [7, 11) is 0. The molecule has 0 aliphatic heterocycles. The van der Waals surface area contributed by atoms with Crippen LogP contribution in [0.15, 0.2) is 30.3 Å². The van der Waals surface area contributed by atoms with Crippen molar-refractivity contribution in [1.29, 1.82) is 0 Å². The van der Waals surface area contributed by atoms with E-state index in [0.717, 1.165) is 0 Å². The van der Waals surface area contributed by atoms with Crippen molar-refractivity contribution in [3.63, 3.8) is 0 Å². The third kappa shape index (κ3) is 6.77. The first-order valence-corrected chi connectivity index (χ1v) is 4.64. The van der Waals surface area contributed by atoms with Gasteiger partial charge in [-0.25, -0.2) is 4.79 Å². The first-order valence-electron chi connectivity index (χ1n) is 3.84. The van der Waals surface area contributed by atoms with Gasteiger partial charge in [0.25, 0.3) is 5.91 Å². The van der Waals surface area contributed by atoms with E-state index in [1.165, 1.54) is 0 Å². The Morgan fingerprint density at radius 1 is 1.00 bits per heavy atom. The fourth-order valence-electron chi connectivity index (χ4n) is 0.863. The fourth-order valence-corrected chi connectivity index (χ4v) is 1.14. The Morgan fingerprint density at radius 2 is 1.47 bits per heavy atom. The monoisotopic (exact) mass is 324 g/mol. The number of carbonyl (C=O) groups is 2. The number of amides is 2. The number of benzene rings is 1. The topological polar surface area (TPSA) is 60.9 Å². The molecule has 0 unspecified atom stereocenters. The van der Waals surface area contributed by atoms with Crippen molar-refractivity contribution in [2.75, 3.05) is 0 Å². The van der Waals surface area contributed by atoms with Gasteiger partial charge in [0.2, 0.25) is 0 Å². The summed E-state index contributed by atoms with van der Waals surface area (Å²) in [6.07, 6.45) is -1.39. The normalized spacial score (nSPS) is 8.35. The number of hydrogen-bond donors (Lipinski definition) is 3. The van der Waals surface area contributed by atoms with E-state index in [-0.39, 0.29) is 103 Å². The van der Waals surface area contributed by atoms with Crippen LogP contribution in [0.25, 0.3) is 0 Å². The number of rotatable bonds is 1. The molecule has 1 rings (SSSR count). The van der Waals surface area contributed by atoms with Crippen molar-refractivity contribution in [3.05, 3.63) is 35.9 Å². The zero-order valence-corrected chi connectivity index (χ0v) is 9.23. The number of hydrazine groups is 1. The number of hydrogen-bond acceptors (Lipinski definition) is 4. The van der Waals surface area contributed by atoms with Crippen LogP contribution in [0.2, 0.25) is 0 Å². The van der Waals surface area contributed by atoms with Gasteiger partial charge in [-0.3, -0.25) is 4.79 Å². The molecule has 17 heavy (non-hydrogen) atoms. The molecule has 1 aromatic carbocycles. The maximum atomic E-state index is 11.6. The van der Waals surface area contributed by atoms with Gasteiger partial charge < -0.3 is 5.11 Å². The van der Waals surface area contributed by atoms with Gasteiger partial charge in [0.05, 0.1) is 0 Å². The molecule has 84 valence electrons. The summed E-state index contributed by atoms with van der Waals surface area (Å²) in [5.74, 6) is -0.573. The summed E-state index contributed by atoms with van der Waals surface area (Å²) in [6, 6.07) is 8.18. The van der Waals surface area contributed by atoms with Gasteiger partial charge in [-0.1, -0.05) is 18.2 Å². The first-order chi connectivity index (χ1) is 7.04. The van der Waals surface area contributed by atoms with E-state index in [4.69, 9.17) is 5.11 Å². The second-order valence-electron chi connectivity index (χ2n) is 2.53. The van der Waals surface area contributed by atoms with Gasteiger partial charge >= 0.3 is 109 Å². The van der Waals surface area contributed by atoms with E-state index < -0.39 is 12.0 Å². The standard InChI is InChI=1S/C8H8N2O3S2.2K.2H/c11-7(6-4-2-1-3-5-6)9(14)10(15)8(12)13;;;;/h1-5,14-15H,(H,12,13);;;;. The number of carbonyl (C=O) groups excluding carboxylic acids is 1. The van der Waals surface area contributed by atoms with E-state index >= 15 is 0 Å². The predicted molar refractivity (Wildman–Crippen MR) is 74.7 cm³/mol. The second-order valence-corrected chi connectivity index (χ2v) is 3.29. The van der Waals surface area contributed by atoms with Crippen molar-refractivity contribution < 1.29 is 14.7 Å². The molecular weight excluding hydrogens is 314 g/mol. The molecule has 0 radical (unpaired) electrons. The number of thiol groups is 2. The minimum absolute atomic E-state index is 0. The Morgan fingerprint density at radius 3 is 1.88 bits per heavy atom. The van der Waals surface area contributed by atoms with Crippen LogP contribution in [-0.4, -0.2) is 129 Å². The third-order valence-corrected chi connectivity index (χ3v) is 2.40. The van der Waals surface area contributed by atoms with E-state index in [2.05, 4.69) is 25.6 Å². The summed E-state index contributed by atoms with van der Waals surface area (Å²) in [5, 5.41) is 8.55. The van der Waals surface area contributed by atoms with Crippen LogP contribution in [0.1, 0.15) is 10.4 Å². The molecule has 0 saturated carbocycles. The molecule has 0 aromatic heterocycles. The Labute approximate surface area is 195 Å². The number of carboxylic acid groups (broad SMARTS) is 1. The summed E-state index contributed by atoms with van der Waals surface area (Å²) < 4.78 is 0.985. The molecule has 0 bridgehead atoms. The van der Waals surface area contributed by atoms with E-state index in [9.17, 15) is 9.59 Å². The van der Waals surface area contributed by atoms with Gasteiger partial charge in [0.15, 0.2) is 0 Å². The molecule has 0 saturated heterocycles. The molecule has 5 nitrogen and oxygen atoms in total. The molecule has 0 heterocycles. The van der Waals surface area contributed by atoms with E-state index in [0.29, 0.717) is 14.4 Å². The van der Waals surface area contributed by atoms with Crippen LogP contribution in [-0.2, 0) is 0 Å². The Kier molecular flexibility index (Phi) is 13.4. The third-order valence-electron chi connectivity index (χ3n) is 1.55. The Balaban J connectivity index is 0. The molecule has 1 aromatic rings. The quantitative estimate of drug-likeness (QED) is 0.398. The summed E-state index contributed by atoms with van der Waals surface area (Å²) in [4.78, 5) is 22.1. The van der Waals surface area contributed by atoms with Gasteiger partial charge in [0.1, 0.15) is 0 Å². The van der Waals surface area contributed by atoms with Crippen molar-refractivity contribution in [2.24, 2.45) is 0 Å². The van der Waals surface area contributed by atoms with Gasteiger partial charge in [0, 0.05) is 5.56 Å². The van der Waals surface area contributed by atoms with Crippen molar-refractivity contribution in [1.82, 2.24) is 8.83 Å². The van der Waals surface area contributed by atoms with Crippen LogP contribution in [0.4, 0.5) is 4.79 Å². The summed E-state index contributed by atoms with van der Waals surface area (Å²) in [6.45, 7) is 0. The van der Waals surface area contributed by atoms with Crippen molar-refractivity contribution >= 4 is 140 Å². The molecule has 0 aliphatic rings. The SMILES string of the molecule is O=C(O)N(S)N(S)C(=O)c1ccccc1.[KH].[KH]. The van der Waals surface area contributed by atoms with Gasteiger partial charge in [-0.15, -0.1) is 4.41 Å². The first kappa shape index (κ1) is 21.2. The van der Waals surface area contributed by atoms with Crippen LogP contribution in [0.3, 0.4) is 0 Å². The van der Waals surface area contributed by atoms with Crippen LogP contribution in [0.5, 0.6) is 0 Å². The van der Waals surface area contributed by atoms with Gasteiger partial charge in [-0.05, 0) is 37.8 Å². The molecule has 1 N–H and O–H groups in total. The van der Waals surface area contributed by atoms with Crippen molar-refractivity contribution in [2.45, 2.75) is 0 Å². The molecule has 0 spiro atoms. The van der Waals surface area contributed by atoms with Gasteiger partial charge in [-0.2, -0.15) is 4.41 Å². The Bertz CT molecular complexity index is 380. The average molecular weight is 325 g/mol. The van der Waals surface area contributed by atoms with Crippen LogP contribution >= 0.6 is 25.6 Å². The Hall–Kier alpha value is 1.93. The molecule has 0 aliphatic carbocycles. The predicted octanol–water partition coefficient (Wildman–Crippen LogP) is 0.416. The molecule has 2 amide bonds. The molecule has 0 atom stereocenters. The summed E-state index contributed by atoms with van der Waals surface area (Å²) >= 11 is 7.30. The zero-order valence-electron chi connectivity index (χ0n) is 7.44. The average Bonchev–Trinajstić information content (AvgIpc) is 2.27. The number of nitrogens with zero attached hydrogens (tertiary/aromatic N) is 2. The molecule has 9 heteroatoms. The maximum absolute atomic E-state index is 11.6. The summed E-state index contributed by atoms with van der Waals surface area (Å²) in [5.41, 5.74) is 0.327. The zero-order chi connectivity index (χ0) is 11.4. The second kappa shape index (κ2) is 10.7. The van der Waals surface area contributed by atoms with E-state index in [1.807, 2.05) is 0 Å². The van der Waals surface area contributed by atoms with Crippen LogP contribution < -0.4 is 0 Å². The fraction of sp³-hybridized carbons (Fsp3) is 0.